The van der Waals surface area contributed by atoms with E-state index in [4.69, 9.17) is 5.73 Å². The predicted octanol–water partition coefficient (Wildman–Crippen LogP) is 3.01. The van der Waals surface area contributed by atoms with Gasteiger partial charge in [0.05, 0.1) is 0 Å². The molecule has 0 aliphatic carbocycles. The second kappa shape index (κ2) is 5.94. The molecule has 0 aliphatic heterocycles. The van der Waals surface area contributed by atoms with Gasteiger partial charge in [-0.1, -0.05) is 30.3 Å². The zero-order valence-electron chi connectivity index (χ0n) is 10.6. The lowest BCUT2D eigenvalue weighted by Crippen LogP contribution is -2.34. The van der Waals surface area contributed by atoms with Crippen molar-refractivity contribution in [2.75, 3.05) is 12.3 Å². The van der Waals surface area contributed by atoms with E-state index in [0.717, 1.165) is 6.07 Å². The molecule has 4 nitrogen and oxygen atoms in total. The summed E-state index contributed by atoms with van der Waals surface area (Å²) in [7, 11) is 0. The number of nitrogen functional groups attached to an aromatic ring is 1. The van der Waals surface area contributed by atoms with Gasteiger partial charge in [-0.3, -0.25) is 0 Å². The third kappa shape index (κ3) is 3.80. The van der Waals surface area contributed by atoms with Crippen molar-refractivity contribution in [3.8, 4) is 17.3 Å². The molecule has 0 atom stereocenters. The third-order valence-electron chi connectivity index (χ3n) is 2.49. The van der Waals surface area contributed by atoms with Crippen molar-refractivity contribution in [1.82, 2.24) is 9.97 Å². The highest BCUT2D eigenvalue weighted by Gasteiger charge is 2.41. The van der Waals surface area contributed by atoms with Gasteiger partial charge >= 0.3 is 12.3 Å². The first-order chi connectivity index (χ1) is 9.88. The number of anilines is 1. The summed E-state index contributed by atoms with van der Waals surface area (Å²) in [5.41, 5.74) is 6.12. The second-order valence-electron chi connectivity index (χ2n) is 4.17. The fraction of sp³-hybridized carbons (Fsp3) is 0.231. The number of rotatable bonds is 5. The minimum absolute atomic E-state index is 0.0146. The molecule has 112 valence electrons. The van der Waals surface area contributed by atoms with E-state index < -0.39 is 19.0 Å². The largest absolute Gasteiger partial charge is 0.471 e. The van der Waals surface area contributed by atoms with Crippen LogP contribution in [0.1, 0.15) is 0 Å². The Morgan fingerprint density at radius 3 is 2.43 bits per heavy atom. The zero-order chi connectivity index (χ0) is 15.5. The first kappa shape index (κ1) is 15.0. The van der Waals surface area contributed by atoms with Gasteiger partial charge in [-0.15, -0.1) is 0 Å². The SMILES string of the molecule is Nc1cc(OCC(F)(F)C(F)F)nc(-c2ccccc2)n1. The number of aromatic nitrogens is 2. The zero-order valence-corrected chi connectivity index (χ0v) is 10.6. The molecule has 8 heteroatoms. The number of ether oxygens (including phenoxy) is 1. The van der Waals surface area contributed by atoms with Crippen molar-refractivity contribution in [2.45, 2.75) is 12.3 Å². The monoisotopic (exact) mass is 301 g/mol. The van der Waals surface area contributed by atoms with Crippen LogP contribution in [0, 0.1) is 0 Å². The molecule has 0 radical (unpaired) electrons. The van der Waals surface area contributed by atoms with Crippen LogP contribution >= 0.6 is 0 Å². The molecule has 2 N–H and O–H groups in total. The maximum atomic E-state index is 12.8. The Morgan fingerprint density at radius 2 is 1.81 bits per heavy atom. The lowest BCUT2D eigenvalue weighted by Gasteiger charge is -2.15. The van der Waals surface area contributed by atoms with E-state index in [9.17, 15) is 17.6 Å². The van der Waals surface area contributed by atoms with Crippen LogP contribution in [0.25, 0.3) is 11.4 Å². The van der Waals surface area contributed by atoms with Crippen molar-refractivity contribution in [3.05, 3.63) is 36.4 Å². The van der Waals surface area contributed by atoms with E-state index in [1.54, 1.807) is 30.3 Å². The summed E-state index contributed by atoms with van der Waals surface area (Å²) in [4.78, 5) is 7.81. The van der Waals surface area contributed by atoms with Crippen LogP contribution < -0.4 is 10.5 Å². The Labute approximate surface area is 117 Å². The van der Waals surface area contributed by atoms with E-state index >= 15 is 0 Å². The summed E-state index contributed by atoms with van der Waals surface area (Å²) in [5.74, 6) is -4.40. The van der Waals surface area contributed by atoms with E-state index in [1.165, 1.54) is 0 Å². The highest BCUT2D eigenvalue weighted by Crippen LogP contribution is 2.25. The normalized spacial score (nSPS) is 11.7. The lowest BCUT2D eigenvalue weighted by atomic mass is 10.2. The van der Waals surface area contributed by atoms with Gasteiger partial charge in [0.15, 0.2) is 12.4 Å². The van der Waals surface area contributed by atoms with Crippen LogP contribution in [0.3, 0.4) is 0 Å². The summed E-state index contributed by atoms with van der Waals surface area (Å²) in [5, 5.41) is 0. The Hall–Kier alpha value is -2.38. The van der Waals surface area contributed by atoms with Crippen LogP contribution in [0.4, 0.5) is 23.4 Å². The highest BCUT2D eigenvalue weighted by atomic mass is 19.3. The van der Waals surface area contributed by atoms with Gasteiger partial charge in [0.2, 0.25) is 5.88 Å². The first-order valence-electron chi connectivity index (χ1n) is 5.87. The minimum atomic E-state index is -4.26. The second-order valence-corrected chi connectivity index (χ2v) is 4.17. The Bertz CT molecular complexity index is 608. The molecule has 1 aromatic carbocycles. The van der Waals surface area contributed by atoms with Crippen molar-refractivity contribution in [3.63, 3.8) is 0 Å². The molecule has 21 heavy (non-hydrogen) atoms. The fourth-order valence-electron chi connectivity index (χ4n) is 1.47. The van der Waals surface area contributed by atoms with E-state index in [2.05, 4.69) is 14.7 Å². The van der Waals surface area contributed by atoms with Gasteiger partial charge in [0, 0.05) is 11.6 Å². The molecule has 2 rings (SSSR count). The van der Waals surface area contributed by atoms with Gasteiger partial charge in [-0.05, 0) is 0 Å². The smallest absolute Gasteiger partial charge is 0.340 e. The molecule has 1 heterocycles. The van der Waals surface area contributed by atoms with Crippen LogP contribution in [0.2, 0.25) is 0 Å². The van der Waals surface area contributed by atoms with Crippen molar-refractivity contribution < 1.29 is 22.3 Å². The molecule has 0 fully saturated rings. The average molecular weight is 301 g/mol. The molecule has 0 bridgehead atoms. The number of hydrogen-bond donors (Lipinski definition) is 1. The number of halogens is 4. The Morgan fingerprint density at radius 1 is 1.14 bits per heavy atom. The minimum Gasteiger partial charge on any atom is -0.471 e. The Balaban J connectivity index is 2.20. The maximum Gasteiger partial charge on any atom is 0.340 e. The molecule has 0 amide bonds. The van der Waals surface area contributed by atoms with E-state index in [0.29, 0.717) is 5.56 Å². The molecular weight excluding hydrogens is 290 g/mol. The molecule has 0 spiro atoms. The van der Waals surface area contributed by atoms with Crippen molar-refractivity contribution in [1.29, 1.82) is 0 Å². The molecule has 0 unspecified atom stereocenters. The highest BCUT2D eigenvalue weighted by molar-refractivity contribution is 5.57. The molecule has 0 saturated heterocycles. The van der Waals surface area contributed by atoms with E-state index in [-0.39, 0.29) is 17.5 Å². The van der Waals surface area contributed by atoms with Crippen LogP contribution in [-0.4, -0.2) is 28.9 Å². The van der Waals surface area contributed by atoms with Gasteiger partial charge in [0.1, 0.15) is 5.82 Å². The average Bonchev–Trinajstić information content (AvgIpc) is 2.45. The third-order valence-corrected chi connectivity index (χ3v) is 2.49. The standard InChI is InChI=1S/C13H11F4N3O/c14-12(15)13(16,17)7-21-10-6-9(18)19-11(20-10)8-4-2-1-3-5-8/h1-6,12H,7H2,(H2,18,19,20). The van der Waals surface area contributed by atoms with Crippen LogP contribution in [-0.2, 0) is 0 Å². The molecular formula is C13H11F4N3O. The number of benzene rings is 1. The van der Waals surface area contributed by atoms with E-state index in [1.807, 2.05) is 0 Å². The van der Waals surface area contributed by atoms with Crippen molar-refractivity contribution in [2.24, 2.45) is 0 Å². The van der Waals surface area contributed by atoms with Crippen LogP contribution in [0.5, 0.6) is 5.88 Å². The summed E-state index contributed by atoms with van der Waals surface area (Å²) in [6, 6.07) is 9.70. The maximum absolute atomic E-state index is 12.8. The van der Waals surface area contributed by atoms with Gasteiger partial charge in [0.25, 0.3) is 0 Å². The van der Waals surface area contributed by atoms with Gasteiger partial charge in [-0.2, -0.15) is 13.8 Å². The number of alkyl halides is 4. The quantitative estimate of drug-likeness (QED) is 0.862. The summed E-state index contributed by atoms with van der Waals surface area (Å²) in [6.45, 7) is -1.49. The fourth-order valence-corrected chi connectivity index (χ4v) is 1.47. The summed E-state index contributed by atoms with van der Waals surface area (Å²) >= 11 is 0. The molecule has 0 saturated carbocycles. The van der Waals surface area contributed by atoms with Gasteiger partial charge < -0.3 is 10.5 Å². The first-order valence-corrected chi connectivity index (χ1v) is 5.87. The van der Waals surface area contributed by atoms with Gasteiger partial charge in [-0.25, -0.2) is 13.8 Å². The van der Waals surface area contributed by atoms with Crippen molar-refractivity contribution >= 4 is 5.82 Å². The molecule has 0 aliphatic rings. The number of nitrogens with two attached hydrogens (primary N) is 1. The summed E-state index contributed by atoms with van der Waals surface area (Å²) < 4.78 is 54.3. The van der Waals surface area contributed by atoms with Crippen LogP contribution in [0.15, 0.2) is 36.4 Å². The molecule has 2 aromatic rings. The number of nitrogens with zero attached hydrogens (tertiary/aromatic N) is 2. The molecule has 1 aromatic heterocycles. The lowest BCUT2D eigenvalue weighted by molar-refractivity contribution is -0.148. The topological polar surface area (TPSA) is 61.0 Å². The summed E-state index contributed by atoms with van der Waals surface area (Å²) in [6.07, 6.45) is -3.81. The Kier molecular flexibility index (Phi) is 4.25. The predicted molar refractivity (Wildman–Crippen MR) is 68.3 cm³/mol. The number of hydrogen-bond acceptors (Lipinski definition) is 4.